The Hall–Kier alpha value is -6.21. The van der Waals surface area contributed by atoms with Gasteiger partial charge in [0.15, 0.2) is 0 Å². The van der Waals surface area contributed by atoms with Gasteiger partial charge in [0, 0.05) is 0 Å². The predicted molar refractivity (Wildman–Crippen MR) is 234 cm³/mol. The molecule has 0 spiro atoms. The summed E-state index contributed by atoms with van der Waals surface area (Å²) in [5.41, 5.74) is 0.699. The minimum Gasteiger partial charge on any atom is -0.287 e. The zero-order valence-electron chi connectivity index (χ0n) is 34.4. The van der Waals surface area contributed by atoms with Crippen LogP contribution in [0.4, 0.5) is 26.3 Å². The SMILES string of the molecule is O=S(=O)(c1ccc(C(F)(F)F)cc1)N1C(c2cccc(C3N[C@H](c4ccccc4)[C@@H](c4ccccc4)N3S(=O)(=O)c3ccc(C(F)(F)F)cc3)n2)N[C@H](c2ccccc2)[C@H]1c1ccccc1. The summed E-state index contributed by atoms with van der Waals surface area (Å²) < 4.78 is 145. The third kappa shape index (κ3) is 8.53. The van der Waals surface area contributed by atoms with E-state index in [4.69, 9.17) is 4.98 Å². The van der Waals surface area contributed by atoms with E-state index in [1.165, 1.54) is 8.61 Å². The highest BCUT2D eigenvalue weighted by Crippen LogP contribution is 2.51. The first-order valence-corrected chi connectivity index (χ1v) is 23.5. The van der Waals surface area contributed by atoms with Gasteiger partial charge in [-0.15, -0.1) is 0 Å². The van der Waals surface area contributed by atoms with Crippen LogP contribution >= 0.6 is 0 Å². The molecule has 338 valence electrons. The molecule has 1 aromatic heterocycles. The van der Waals surface area contributed by atoms with Gasteiger partial charge in [-0.05, 0) is 82.9 Å². The summed E-state index contributed by atoms with van der Waals surface area (Å²) in [7, 11) is -9.36. The molecule has 17 heteroatoms. The molecule has 66 heavy (non-hydrogen) atoms. The Morgan fingerprint density at radius 3 is 1.00 bits per heavy atom. The van der Waals surface area contributed by atoms with E-state index in [0.29, 0.717) is 46.5 Å². The van der Waals surface area contributed by atoms with Gasteiger partial charge >= 0.3 is 12.4 Å². The lowest BCUT2D eigenvalue weighted by atomic mass is 9.95. The molecule has 2 fully saturated rings. The van der Waals surface area contributed by atoms with E-state index < -0.39 is 89.8 Å². The Bertz CT molecular complexity index is 2820. The number of hydrogen-bond acceptors (Lipinski definition) is 7. The molecule has 0 saturated carbocycles. The summed E-state index contributed by atoms with van der Waals surface area (Å²) in [6, 6.07) is 43.4. The largest absolute Gasteiger partial charge is 0.416 e. The van der Waals surface area contributed by atoms with Gasteiger partial charge in [0.05, 0.1) is 56.5 Å². The molecule has 7 aromatic rings. The van der Waals surface area contributed by atoms with Crippen molar-refractivity contribution in [2.45, 2.75) is 58.6 Å². The van der Waals surface area contributed by atoms with Gasteiger partial charge in [-0.25, -0.2) is 16.8 Å². The van der Waals surface area contributed by atoms with Crippen LogP contribution in [0, 0.1) is 0 Å². The lowest BCUT2D eigenvalue weighted by Crippen LogP contribution is -2.37. The third-order valence-electron chi connectivity index (χ3n) is 11.8. The number of rotatable bonds is 10. The molecule has 0 bridgehead atoms. The second-order valence-electron chi connectivity index (χ2n) is 15.8. The van der Waals surface area contributed by atoms with E-state index in [9.17, 15) is 26.3 Å². The number of hydrogen-bond donors (Lipinski definition) is 2. The Kier molecular flexibility index (Phi) is 12.0. The number of sulfonamides is 2. The van der Waals surface area contributed by atoms with Gasteiger partial charge in [0.2, 0.25) is 20.0 Å². The predicted octanol–water partition coefficient (Wildman–Crippen LogP) is 10.7. The van der Waals surface area contributed by atoms with Crippen LogP contribution < -0.4 is 10.6 Å². The lowest BCUT2D eigenvalue weighted by molar-refractivity contribution is -0.138. The van der Waals surface area contributed by atoms with E-state index in [-0.39, 0.29) is 11.4 Å². The van der Waals surface area contributed by atoms with Crippen molar-refractivity contribution in [1.82, 2.24) is 24.2 Å². The van der Waals surface area contributed by atoms with Crippen LogP contribution in [0.1, 0.15) is 81.3 Å². The monoisotopic (exact) mass is 939 g/mol. The molecule has 2 aliphatic heterocycles. The smallest absolute Gasteiger partial charge is 0.287 e. The fourth-order valence-corrected chi connectivity index (χ4v) is 12.2. The molecule has 9 nitrogen and oxygen atoms in total. The maximum atomic E-state index is 15.1. The average molecular weight is 940 g/mol. The minimum absolute atomic E-state index is 0.121. The Morgan fingerprint density at radius 2 is 0.697 bits per heavy atom. The topological polar surface area (TPSA) is 112 Å². The van der Waals surface area contributed by atoms with Crippen LogP contribution in [-0.2, 0) is 32.4 Å². The van der Waals surface area contributed by atoms with Crippen molar-refractivity contribution in [3.8, 4) is 0 Å². The zero-order chi connectivity index (χ0) is 46.4. The fourth-order valence-electron chi connectivity index (χ4n) is 8.80. The van der Waals surface area contributed by atoms with E-state index in [0.717, 1.165) is 24.3 Å². The summed E-state index contributed by atoms with van der Waals surface area (Å²) in [5, 5.41) is 6.93. The molecular weight excluding hydrogens is 901 g/mol. The highest BCUT2D eigenvalue weighted by Gasteiger charge is 2.52. The normalized spacial score (nSPS) is 22.1. The molecule has 3 heterocycles. The second kappa shape index (κ2) is 17.5. The molecule has 0 aliphatic carbocycles. The first-order chi connectivity index (χ1) is 31.5. The molecule has 2 saturated heterocycles. The highest BCUT2D eigenvalue weighted by atomic mass is 32.2. The summed E-state index contributed by atoms with van der Waals surface area (Å²) in [6.07, 6.45) is -12.0. The number of aromatic nitrogens is 1. The molecule has 2 unspecified atom stereocenters. The summed E-state index contributed by atoms with van der Waals surface area (Å²) >= 11 is 0. The van der Waals surface area contributed by atoms with Crippen molar-refractivity contribution in [3.63, 3.8) is 0 Å². The molecule has 0 amide bonds. The van der Waals surface area contributed by atoms with Crippen molar-refractivity contribution < 1.29 is 43.2 Å². The van der Waals surface area contributed by atoms with Crippen LogP contribution in [0.3, 0.4) is 0 Å². The van der Waals surface area contributed by atoms with Crippen molar-refractivity contribution in [3.05, 3.63) is 233 Å². The van der Waals surface area contributed by atoms with Crippen molar-refractivity contribution in [2.75, 3.05) is 0 Å². The number of halogens is 6. The number of nitrogens with one attached hydrogen (secondary N) is 2. The van der Waals surface area contributed by atoms with Crippen LogP contribution in [0.25, 0.3) is 0 Å². The van der Waals surface area contributed by atoms with Crippen molar-refractivity contribution in [2.24, 2.45) is 0 Å². The average Bonchev–Trinajstić information content (AvgIpc) is 3.95. The van der Waals surface area contributed by atoms with Gasteiger partial charge < -0.3 is 0 Å². The molecule has 6 atom stereocenters. The van der Waals surface area contributed by atoms with E-state index in [2.05, 4.69) is 10.6 Å². The van der Waals surface area contributed by atoms with E-state index in [1.54, 1.807) is 115 Å². The van der Waals surface area contributed by atoms with Gasteiger partial charge in [-0.1, -0.05) is 127 Å². The van der Waals surface area contributed by atoms with Gasteiger partial charge in [0.25, 0.3) is 0 Å². The zero-order valence-corrected chi connectivity index (χ0v) is 36.1. The number of benzene rings is 6. The van der Waals surface area contributed by atoms with Crippen molar-refractivity contribution in [1.29, 1.82) is 0 Å². The molecule has 9 rings (SSSR count). The molecule has 2 N–H and O–H groups in total. The Balaban J connectivity index is 1.22. The maximum Gasteiger partial charge on any atom is 0.416 e. The van der Waals surface area contributed by atoms with Gasteiger partial charge in [-0.3, -0.25) is 15.6 Å². The van der Waals surface area contributed by atoms with Gasteiger partial charge in [0.1, 0.15) is 12.3 Å². The number of pyridine rings is 1. The molecule has 6 aromatic carbocycles. The Morgan fingerprint density at radius 1 is 0.394 bits per heavy atom. The number of alkyl halides is 6. The van der Waals surface area contributed by atoms with Crippen LogP contribution in [0.2, 0.25) is 0 Å². The Labute approximate surface area is 377 Å². The summed E-state index contributed by atoms with van der Waals surface area (Å²) in [6.45, 7) is 0. The van der Waals surface area contributed by atoms with Gasteiger partial charge in [-0.2, -0.15) is 35.0 Å². The standard InChI is InChI=1S/C49H39F6N5O4S2/c50-48(51,52)36-24-28-38(29-25-36)65(61,62)59-44(34-18-9-3-10-19-34)42(32-14-5-1-6-15-32)57-46(59)40-22-13-23-41(56-40)47-58-43(33-16-7-2-8-17-33)45(35-20-11-4-12-21-35)60(47)66(63,64)39-30-26-37(27-31-39)49(53,54)55/h1-31,42-47,57-58H/t42-,43-,44-,45-,46?,47?/m1/s1. The van der Waals surface area contributed by atoms with Crippen LogP contribution in [0.5, 0.6) is 0 Å². The minimum atomic E-state index is -4.73. The van der Waals surface area contributed by atoms with Crippen molar-refractivity contribution >= 4 is 20.0 Å². The first-order valence-electron chi connectivity index (χ1n) is 20.6. The second-order valence-corrected chi connectivity index (χ2v) is 19.5. The fraction of sp³-hybridized carbons (Fsp3) is 0.163. The molecule has 0 radical (unpaired) electrons. The summed E-state index contributed by atoms with van der Waals surface area (Å²) in [4.78, 5) is 4.21. The summed E-state index contributed by atoms with van der Waals surface area (Å²) in [5.74, 6) is 0. The number of nitrogens with zero attached hydrogens (tertiary/aromatic N) is 3. The first kappa shape index (κ1) is 45.0. The van der Waals surface area contributed by atoms with E-state index in [1.807, 2.05) is 24.3 Å². The molecule has 2 aliphatic rings. The maximum absolute atomic E-state index is 15.1. The highest BCUT2D eigenvalue weighted by molar-refractivity contribution is 7.89. The molecular formula is C49H39F6N5O4S2. The lowest BCUT2D eigenvalue weighted by Gasteiger charge is -2.31. The van der Waals surface area contributed by atoms with Crippen LogP contribution in [-0.4, -0.2) is 30.4 Å². The van der Waals surface area contributed by atoms with E-state index >= 15 is 16.8 Å². The quantitative estimate of drug-likeness (QED) is 0.131. The van der Waals surface area contributed by atoms with Crippen LogP contribution in [0.15, 0.2) is 198 Å². The third-order valence-corrected chi connectivity index (χ3v) is 15.6.